The third-order valence-electron chi connectivity index (χ3n) is 4.04. The molecule has 2 aromatic rings. The van der Waals surface area contributed by atoms with Gasteiger partial charge in [0.1, 0.15) is 0 Å². The molecule has 0 aliphatic rings. The van der Waals surface area contributed by atoms with Gasteiger partial charge in [0.25, 0.3) is 0 Å². The number of benzene rings is 2. The van der Waals surface area contributed by atoms with Crippen LogP contribution in [-0.4, -0.2) is 11.7 Å². The molecule has 0 spiro atoms. The summed E-state index contributed by atoms with van der Waals surface area (Å²) >= 11 is 5.17. The van der Waals surface area contributed by atoms with Crippen LogP contribution in [0.25, 0.3) is 0 Å². The van der Waals surface area contributed by atoms with Gasteiger partial charge in [-0.05, 0) is 66.4 Å². The van der Waals surface area contributed by atoms with Gasteiger partial charge in [-0.15, -0.1) is 0 Å². The van der Waals surface area contributed by atoms with E-state index in [9.17, 15) is 13.2 Å². The Morgan fingerprint density at radius 1 is 1.00 bits per heavy atom. The minimum absolute atomic E-state index is 0.403. The largest absolute Gasteiger partial charge is 0.416 e. The van der Waals surface area contributed by atoms with Crippen LogP contribution in [0, 0.1) is 0 Å². The lowest BCUT2D eigenvalue weighted by molar-refractivity contribution is -0.137. The van der Waals surface area contributed by atoms with Crippen molar-refractivity contribution in [3.63, 3.8) is 0 Å². The molecule has 26 heavy (non-hydrogen) atoms. The molecule has 0 radical (unpaired) electrons. The molecule has 0 fully saturated rings. The fourth-order valence-electron chi connectivity index (χ4n) is 2.48. The van der Waals surface area contributed by atoms with Crippen LogP contribution in [0.15, 0.2) is 48.5 Å². The number of alkyl halides is 3. The number of hydrogen-bond acceptors (Lipinski definition) is 1. The maximum absolute atomic E-state index is 12.5. The summed E-state index contributed by atoms with van der Waals surface area (Å²) in [6, 6.07) is 13.4. The Balaban J connectivity index is 1.72. The van der Waals surface area contributed by atoms with E-state index in [0.29, 0.717) is 23.3 Å². The second kappa shape index (κ2) is 9.03. The molecule has 0 atom stereocenters. The van der Waals surface area contributed by atoms with Crippen LogP contribution in [0.1, 0.15) is 42.9 Å². The number of nitrogens with one attached hydrogen (secondary N) is 2. The lowest BCUT2D eigenvalue weighted by atomic mass is 10.0. The summed E-state index contributed by atoms with van der Waals surface area (Å²) in [4.78, 5) is 0. The number of thiocarbonyl (C=S) groups is 1. The van der Waals surface area contributed by atoms with Crippen molar-refractivity contribution in [2.75, 3.05) is 11.9 Å². The summed E-state index contributed by atoms with van der Waals surface area (Å²) in [6.45, 7) is 5.03. The quantitative estimate of drug-likeness (QED) is 0.493. The molecule has 0 unspecified atom stereocenters. The van der Waals surface area contributed by atoms with Crippen molar-refractivity contribution in [2.24, 2.45) is 0 Å². The summed E-state index contributed by atoms with van der Waals surface area (Å²) in [5.41, 5.74) is 2.46. The van der Waals surface area contributed by atoms with Crippen molar-refractivity contribution in [3.8, 4) is 0 Å². The fourth-order valence-corrected chi connectivity index (χ4v) is 2.70. The van der Waals surface area contributed by atoms with Gasteiger partial charge >= 0.3 is 6.18 Å². The van der Waals surface area contributed by atoms with Crippen LogP contribution < -0.4 is 10.6 Å². The maximum atomic E-state index is 12.5. The van der Waals surface area contributed by atoms with Crippen molar-refractivity contribution in [1.82, 2.24) is 5.32 Å². The van der Waals surface area contributed by atoms with Crippen molar-refractivity contribution < 1.29 is 13.2 Å². The molecule has 6 heteroatoms. The van der Waals surface area contributed by atoms with Crippen LogP contribution in [0.2, 0.25) is 0 Å². The highest BCUT2D eigenvalue weighted by molar-refractivity contribution is 7.80. The molecule has 0 amide bonds. The first kappa shape index (κ1) is 20.2. The van der Waals surface area contributed by atoms with Gasteiger partial charge in [0.15, 0.2) is 5.11 Å². The molecule has 0 aromatic heterocycles. The van der Waals surface area contributed by atoms with Crippen LogP contribution in [0.5, 0.6) is 0 Å². The Labute approximate surface area is 157 Å². The molecule has 2 aromatic carbocycles. The SMILES string of the molecule is CC(C)c1ccc(CCCNC(=S)Nc2ccc(C(F)(F)F)cc2)cc1. The number of halogens is 3. The monoisotopic (exact) mass is 380 g/mol. The van der Waals surface area contributed by atoms with Crippen molar-refractivity contribution >= 4 is 23.0 Å². The smallest absolute Gasteiger partial charge is 0.362 e. The molecule has 0 bridgehead atoms. The Hall–Kier alpha value is -2.08. The van der Waals surface area contributed by atoms with Gasteiger partial charge in [-0.25, -0.2) is 0 Å². The number of anilines is 1. The topological polar surface area (TPSA) is 24.1 Å². The van der Waals surface area contributed by atoms with E-state index >= 15 is 0 Å². The van der Waals surface area contributed by atoms with Gasteiger partial charge in [0, 0.05) is 12.2 Å². The first-order valence-corrected chi connectivity index (χ1v) is 8.97. The average Bonchev–Trinajstić information content (AvgIpc) is 2.59. The molecule has 2 rings (SSSR count). The highest BCUT2D eigenvalue weighted by Gasteiger charge is 2.29. The van der Waals surface area contributed by atoms with Gasteiger partial charge in [-0.2, -0.15) is 13.2 Å². The zero-order chi connectivity index (χ0) is 19.2. The zero-order valence-electron chi connectivity index (χ0n) is 14.9. The van der Waals surface area contributed by atoms with Crippen LogP contribution in [-0.2, 0) is 12.6 Å². The van der Waals surface area contributed by atoms with E-state index in [2.05, 4.69) is 48.7 Å². The standard InChI is InChI=1S/C20H23F3N2S/c1-14(2)16-7-5-15(6-8-16)4-3-13-24-19(26)25-18-11-9-17(10-12-18)20(21,22)23/h5-12,14H,3-4,13H2,1-2H3,(H2,24,25,26). The van der Waals surface area contributed by atoms with Crippen LogP contribution >= 0.6 is 12.2 Å². The van der Waals surface area contributed by atoms with Gasteiger partial charge in [0.2, 0.25) is 0 Å². The number of aryl methyl sites for hydroxylation is 1. The zero-order valence-corrected chi connectivity index (χ0v) is 15.7. The number of hydrogen-bond donors (Lipinski definition) is 2. The predicted octanol–water partition coefficient (Wildman–Crippen LogP) is 5.75. The predicted molar refractivity (Wildman–Crippen MR) is 105 cm³/mol. The van der Waals surface area contributed by atoms with E-state index in [-0.39, 0.29) is 0 Å². The molecule has 0 saturated heterocycles. The molecule has 0 saturated carbocycles. The fraction of sp³-hybridized carbons (Fsp3) is 0.350. The van der Waals surface area contributed by atoms with E-state index in [1.54, 1.807) is 0 Å². The van der Waals surface area contributed by atoms with E-state index in [1.807, 2.05) is 0 Å². The third-order valence-corrected chi connectivity index (χ3v) is 4.29. The lowest BCUT2D eigenvalue weighted by Gasteiger charge is -2.12. The van der Waals surface area contributed by atoms with E-state index in [0.717, 1.165) is 25.0 Å². The third kappa shape index (κ3) is 6.33. The molecular weight excluding hydrogens is 357 g/mol. The first-order chi connectivity index (χ1) is 12.3. The van der Waals surface area contributed by atoms with E-state index in [1.165, 1.54) is 23.3 Å². The minimum atomic E-state index is -4.33. The van der Waals surface area contributed by atoms with Gasteiger partial charge in [-0.1, -0.05) is 38.1 Å². The summed E-state index contributed by atoms with van der Waals surface area (Å²) in [5, 5.41) is 6.37. The van der Waals surface area contributed by atoms with Gasteiger partial charge in [0.05, 0.1) is 5.56 Å². The van der Waals surface area contributed by atoms with Crippen molar-refractivity contribution in [1.29, 1.82) is 0 Å². The normalized spacial score (nSPS) is 11.5. The minimum Gasteiger partial charge on any atom is -0.362 e. The Morgan fingerprint density at radius 3 is 2.15 bits per heavy atom. The summed E-state index contributed by atoms with van der Waals surface area (Å²) in [6.07, 6.45) is -2.48. The average molecular weight is 380 g/mol. The van der Waals surface area contributed by atoms with Crippen molar-refractivity contribution in [3.05, 3.63) is 65.2 Å². The lowest BCUT2D eigenvalue weighted by Crippen LogP contribution is -2.29. The summed E-state index contributed by atoms with van der Waals surface area (Å²) < 4.78 is 37.6. The second-order valence-corrected chi connectivity index (χ2v) is 6.86. The molecule has 0 aliphatic carbocycles. The maximum Gasteiger partial charge on any atom is 0.416 e. The molecule has 0 aliphatic heterocycles. The van der Waals surface area contributed by atoms with E-state index < -0.39 is 11.7 Å². The van der Waals surface area contributed by atoms with Crippen LogP contribution in [0.4, 0.5) is 18.9 Å². The van der Waals surface area contributed by atoms with Crippen LogP contribution in [0.3, 0.4) is 0 Å². The first-order valence-electron chi connectivity index (χ1n) is 8.56. The van der Waals surface area contributed by atoms with Gasteiger partial charge < -0.3 is 10.6 Å². The Kier molecular flexibility index (Phi) is 7.03. The molecule has 140 valence electrons. The van der Waals surface area contributed by atoms with Gasteiger partial charge in [-0.3, -0.25) is 0 Å². The summed E-state index contributed by atoms with van der Waals surface area (Å²) in [5.74, 6) is 0.527. The Bertz CT molecular complexity index is 707. The van der Waals surface area contributed by atoms with E-state index in [4.69, 9.17) is 12.2 Å². The summed E-state index contributed by atoms with van der Waals surface area (Å²) in [7, 11) is 0. The molecule has 2 nitrogen and oxygen atoms in total. The number of rotatable bonds is 6. The highest BCUT2D eigenvalue weighted by atomic mass is 32.1. The molecule has 0 heterocycles. The second-order valence-electron chi connectivity index (χ2n) is 6.46. The van der Waals surface area contributed by atoms with Crippen molar-refractivity contribution in [2.45, 2.75) is 38.8 Å². The Morgan fingerprint density at radius 2 is 1.62 bits per heavy atom. The molecule has 2 N–H and O–H groups in total. The molecular formula is C20H23F3N2S. The highest BCUT2D eigenvalue weighted by Crippen LogP contribution is 2.29.